The molecular formula is C15H19NO3. The second-order valence-electron chi connectivity index (χ2n) is 4.13. The van der Waals surface area contributed by atoms with E-state index in [9.17, 15) is 9.59 Å². The standard InChI is InChI=1S/C15H19NO3/c1-12(17)16-14(13-8-4-3-5-9-13)10-6-7-11-15(18)19-2/h3-5,8-10H,6-7,11H2,1-2H3,(H,16,17)/b14-10+. The number of unbranched alkanes of at least 4 members (excludes halogenated alkanes) is 1. The van der Waals surface area contributed by atoms with Gasteiger partial charge in [-0.1, -0.05) is 36.4 Å². The van der Waals surface area contributed by atoms with Crippen molar-refractivity contribution in [3.05, 3.63) is 42.0 Å². The van der Waals surface area contributed by atoms with Crippen LogP contribution < -0.4 is 5.32 Å². The minimum Gasteiger partial charge on any atom is -0.469 e. The smallest absolute Gasteiger partial charge is 0.305 e. The predicted molar refractivity (Wildman–Crippen MR) is 74.1 cm³/mol. The third kappa shape index (κ3) is 5.86. The van der Waals surface area contributed by atoms with Crippen LogP contribution in [0.3, 0.4) is 0 Å². The van der Waals surface area contributed by atoms with Crippen molar-refractivity contribution in [3.63, 3.8) is 0 Å². The highest BCUT2D eigenvalue weighted by molar-refractivity contribution is 5.84. The van der Waals surface area contributed by atoms with E-state index in [4.69, 9.17) is 0 Å². The lowest BCUT2D eigenvalue weighted by Crippen LogP contribution is -2.18. The molecule has 0 bridgehead atoms. The molecule has 0 radical (unpaired) electrons. The Bertz CT molecular complexity index is 452. The number of esters is 1. The van der Waals surface area contributed by atoms with E-state index in [1.54, 1.807) is 0 Å². The van der Waals surface area contributed by atoms with E-state index in [0.717, 1.165) is 11.3 Å². The third-order valence-electron chi connectivity index (χ3n) is 2.56. The molecule has 1 N–H and O–H groups in total. The number of hydrogen-bond donors (Lipinski definition) is 1. The Labute approximate surface area is 113 Å². The molecule has 1 rings (SSSR count). The second-order valence-corrected chi connectivity index (χ2v) is 4.13. The number of ether oxygens (including phenoxy) is 1. The Morgan fingerprint density at radius 2 is 1.95 bits per heavy atom. The van der Waals surface area contributed by atoms with Crippen LogP contribution in [0.15, 0.2) is 36.4 Å². The Morgan fingerprint density at radius 3 is 2.53 bits per heavy atom. The molecule has 0 atom stereocenters. The number of hydrogen-bond acceptors (Lipinski definition) is 3. The van der Waals surface area contributed by atoms with Gasteiger partial charge in [-0.2, -0.15) is 0 Å². The van der Waals surface area contributed by atoms with Crippen LogP contribution in [0.4, 0.5) is 0 Å². The van der Waals surface area contributed by atoms with Crippen LogP contribution in [0.25, 0.3) is 5.70 Å². The molecule has 0 spiro atoms. The van der Waals surface area contributed by atoms with Crippen molar-refractivity contribution < 1.29 is 14.3 Å². The normalized spacial score (nSPS) is 10.9. The van der Waals surface area contributed by atoms with E-state index in [2.05, 4.69) is 10.1 Å². The number of carbonyl (C=O) groups excluding carboxylic acids is 2. The molecule has 4 nitrogen and oxygen atoms in total. The predicted octanol–water partition coefficient (Wildman–Crippen LogP) is 2.51. The molecule has 1 amide bonds. The van der Waals surface area contributed by atoms with E-state index in [1.165, 1.54) is 14.0 Å². The lowest BCUT2D eigenvalue weighted by molar-refractivity contribution is -0.140. The zero-order chi connectivity index (χ0) is 14.1. The minimum atomic E-state index is -0.214. The molecule has 0 aliphatic carbocycles. The summed E-state index contributed by atoms with van der Waals surface area (Å²) in [5.41, 5.74) is 1.73. The van der Waals surface area contributed by atoms with Gasteiger partial charge in [0, 0.05) is 19.0 Å². The van der Waals surface area contributed by atoms with Crippen LogP contribution in [0, 0.1) is 0 Å². The largest absolute Gasteiger partial charge is 0.469 e. The number of methoxy groups -OCH3 is 1. The van der Waals surface area contributed by atoms with Gasteiger partial charge >= 0.3 is 5.97 Å². The van der Waals surface area contributed by atoms with E-state index in [-0.39, 0.29) is 11.9 Å². The fraction of sp³-hybridized carbons (Fsp3) is 0.333. The highest BCUT2D eigenvalue weighted by Crippen LogP contribution is 2.13. The molecule has 0 saturated heterocycles. The van der Waals surface area contributed by atoms with Crippen molar-refractivity contribution in [1.29, 1.82) is 0 Å². The zero-order valence-corrected chi connectivity index (χ0v) is 11.3. The molecule has 0 aromatic heterocycles. The Morgan fingerprint density at radius 1 is 1.26 bits per heavy atom. The molecule has 0 fully saturated rings. The highest BCUT2D eigenvalue weighted by atomic mass is 16.5. The summed E-state index contributed by atoms with van der Waals surface area (Å²) >= 11 is 0. The molecule has 0 aliphatic heterocycles. The molecule has 0 heterocycles. The van der Waals surface area contributed by atoms with Gasteiger partial charge in [0.05, 0.1) is 7.11 Å². The van der Waals surface area contributed by atoms with Crippen LogP contribution in [0.2, 0.25) is 0 Å². The van der Waals surface area contributed by atoms with Gasteiger partial charge < -0.3 is 10.1 Å². The molecule has 0 unspecified atom stereocenters. The molecular weight excluding hydrogens is 242 g/mol. The molecule has 4 heteroatoms. The van der Waals surface area contributed by atoms with E-state index < -0.39 is 0 Å². The van der Waals surface area contributed by atoms with Crippen LogP contribution in [0.5, 0.6) is 0 Å². The van der Waals surface area contributed by atoms with Crippen LogP contribution in [-0.4, -0.2) is 19.0 Å². The first-order chi connectivity index (χ1) is 9.13. The molecule has 1 aromatic rings. The number of carbonyl (C=O) groups is 2. The molecule has 19 heavy (non-hydrogen) atoms. The maximum atomic E-state index is 11.2. The fourth-order valence-corrected chi connectivity index (χ4v) is 1.64. The quantitative estimate of drug-likeness (QED) is 0.632. The Balaban J connectivity index is 2.64. The number of benzene rings is 1. The van der Waals surface area contributed by atoms with Gasteiger partial charge in [0.25, 0.3) is 0 Å². The van der Waals surface area contributed by atoms with Crippen LogP contribution in [0.1, 0.15) is 31.7 Å². The third-order valence-corrected chi connectivity index (χ3v) is 2.56. The lowest BCUT2D eigenvalue weighted by atomic mass is 10.1. The maximum absolute atomic E-state index is 11.2. The van der Waals surface area contributed by atoms with Gasteiger partial charge in [-0.15, -0.1) is 0 Å². The average molecular weight is 261 g/mol. The molecule has 0 saturated carbocycles. The Kier molecular flexibility index (Phi) is 6.36. The highest BCUT2D eigenvalue weighted by Gasteiger charge is 2.03. The first kappa shape index (κ1) is 15.0. The molecule has 0 aliphatic rings. The summed E-state index contributed by atoms with van der Waals surface area (Å²) in [6.45, 7) is 1.48. The van der Waals surface area contributed by atoms with Crippen molar-refractivity contribution in [1.82, 2.24) is 5.32 Å². The maximum Gasteiger partial charge on any atom is 0.305 e. The zero-order valence-electron chi connectivity index (χ0n) is 11.3. The average Bonchev–Trinajstić information content (AvgIpc) is 2.42. The van der Waals surface area contributed by atoms with Crippen molar-refractivity contribution in [3.8, 4) is 0 Å². The van der Waals surface area contributed by atoms with Gasteiger partial charge in [0.2, 0.25) is 5.91 Å². The SMILES string of the molecule is COC(=O)CCC/C=C(/NC(C)=O)c1ccccc1. The summed E-state index contributed by atoms with van der Waals surface area (Å²) in [6, 6.07) is 9.62. The van der Waals surface area contributed by atoms with Crippen LogP contribution in [-0.2, 0) is 14.3 Å². The second kappa shape index (κ2) is 8.08. The van der Waals surface area contributed by atoms with E-state index in [1.807, 2.05) is 36.4 Å². The van der Waals surface area contributed by atoms with Crippen molar-refractivity contribution in [2.75, 3.05) is 7.11 Å². The topological polar surface area (TPSA) is 55.4 Å². The summed E-state index contributed by atoms with van der Waals surface area (Å²) in [4.78, 5) is 22.2. The summed E-state index contributed by atoms with van der Waals surface area (Å²) < 4.78 is 4.58. The fourth-order valence-electron chi connectivity index (χ4n) is 1.64. The molecule has 102 valence electrons. The first-order valence-corrected chi connectivity index (χ1v) is 6.23. The van der Waals surface area contributed by atoms with Gasteiger partial charge in [0.1, 0.15) is 0 Å². The van der Waals surface area contributed by atoms with Crippen molar-refractivity contribution >= 4 is 17.6 Å². The Hall–Kier alpha value is -2.10. The van der Waals surface area contributed by atoms with Crippen LogP contribution >= 0.6 is 0 Å². The molecule has 1 aromatic carbocycles. The minimum absolute atomic E-state index is 0.108. The van der Waals surface area contributed by atoms with Gasteiger partial charge in [-0.25, -0.2) is 0 Å². The van der Waals surface area contributed by atoms with Crippen molar-refractivity contribution in [2.45, 2.75) is 26.2 Å². The first-order valence-electron chi connectivity index (χ1n) is 6.23. The summed E-state index contributed by atoms with van der Waals surface area (Å²) in [6.07, 6.45) is 3.72. The summed E-state index contributed by atoms with van der Waals surface area (Å²) in [5, 5.41) is 2.80. The monoisotopic (exact) mass is 261 g/mol. The van der Waals surface area contributed by atoms with Gasteiger partial charge in [-0.05, 0) is 18.4 Å². The van der Waals surface area contributed by atoms with Gasteiger partial charge in [0.15, 0.2) is 0 Å². The lowest BCUT2D eigenvalue weighted by Gasteiger charge is -2.08. The number of rotatable bonds is 6. The number of amides is 1. The summed E-state index contributed by atoms with van der Waals surface area (Å²) in [7, 11) is 1.38. The van der Waals surface area contributed by atoms with Crippen molar-refractivity contribution in [2.24, 2.45) is 0 Å². The van der Waals surface area contributed by atoms with Gasteiger partial charge in [-0.3, -0.25) is 9.59 Å². The van der Waals surface area contributed by atoms with E-state index in [0.29, 0.717) is 19.3 Å². The number of allylic oxidation sites excluding steroid dienone is 1. The van der Waals surface area contributed by atoms with E-state index >= 15 is 0 Å². The number of nitrogens with one attached hydrogen (secondary N) is 1. The summed E-state index contributed by atoms with van der Waals surface area (Å²) in [5.74, 6) is -0.322.